The van der Waals surface area contributed by atoms with E-state index in [4.69, 9.17) is 0 Å². The van der Waals surface area contributed by atoms with Crippen LogP contribution in [0.2, 0.25) is 0 Å². The fourth-order valence-corrected chi connectivity index (χ4v) is 2.70. The number of rotatable bonds is 2. The van der Waals surface area contributed by atoms with E-state index in [9.17, 15) is 8.42 Å². The topological polar surface area (TPSA) is 34.1 Å². The molecule has 0 N–H and O–H groups in total. The largest absolute Gasteiger partial charge is 0.224 e. The van der Waals surface area contributed by atoms with E-state index in [0.29, 0.717) is 4.90 Å². The highest BCUT2D eigenvalue weighted by molar-refractivity contribution is 9.09. The molecule has 0 spiro atoms. The van der Waals surface area contributed by atoms with Crippen molar-refractivity contribution in [2.45, 2.75) is 16.6 Å². The van der Waals surface area contributed by atoms with E-state index in [1.165, 1.54) is 6.26 Å². The molecule has 1 aromatic carbocycles. The van der Waals surface area contributed by atoms with Crippen LogP contribution in [0.25, 0.3) is 0 Å². The van der Waals surface area contributed by atoms with Crippen LogP contribution in [0.1, 0.15) is 17.3 Å². The monoisotopic (exact) mass is 262 g/mol. The highest BCUT2D eigenvalue weighted by Gasteiger charge is 2.14. The zero-order chi connectivity index (χ0) is 10.1. The lowest BCUT2D eigenvalue weighted by Gasteiger charge is -2.08. The second-order valence-electron chi connectivity index (χ2n) is 2.93. The van der Waals surface area contributed by atoms with Crippen LogP contribution in [0.4, 0.5) is 0 Å². The van der Waals surface area contributed by atoms with E-state index in [2.05, 4.69) is 15.9 Å². The fraction of sp³-hybridized carbons (Fsp3) is 0.333. The van der Waals surface area contributed by atoms with Gasteiger partial charge in [-0.05, 0) is 18.6 Å². The third kappa shape index (κ3) is 2.54. The molecule has 4 heteroatoms. The normalized spacial score (nSPS) is 14.1. The lowest BCUT2D eigenvalue weighted by molar-refractivity contribution is 0.601. The summed E-state index contributed by atoms with van der Waals surface area (Å²) in [7, 11) is -3.11. The van der Waals surface area contributed by atoms with Crippen molar-refractivity contribution in [1.29, 1.82) is 0 Å². The van der Waals surface area contributed by atoms with Crippen LogP contribution in [-0.4, -0.2) is 14.7 Å². The minimum absolute atomic E-state index is 0.0541. The zero-order valence-corrected chi connectivity index (χ0v) is 9.89. The van der Waals surface area contributed by atoms with Crippen LogP contribution in [0, 0.1) is 0 Å². The summed E-state index contributed by atoms with van der Waals surface area (Å²) in [5.74, 6) is 0. The zero-order valence-electron chi connectivity index (χ0n) is 7.49. The Balaban J connectivity index is 3.37. The van der Waals surface area contributed by atoms with Crippen molar-refractivity contribution in [2.75, 3.05) is 6.26 Å². The van der Waals surface area contributed by atoms with Crippen molar-refractivity contribution in [3.8, 4) is 0 Å². The summed E-state index contributed by atoms with van der Waals surface area (Å²) < 4.78 is 22.7. The molecule has 13 heavy (non-hydrogen) atoms. The van der Waals surface area contributed by atoms with Gasteiger partial charge >= 0.3 is 0 Å². The Morgan fingerprint density at radius 1 is 1.31 bits per heavy atom. The molecule has 1 rings (SSSR count). The van der Waals surface area contributed by atoms with Crippen LogP contribution in [0.3, 0.4) is 0 Å². The summed E-state index contributed by atoms with van der Waals surface area (Å²) in [4.78, 5) is 0.456. The van der Waals surface area contributed by atoms with E-state index in [1.54, 1.807) is 12.1 Å². The van der Waals surface area contributed by atoms with Gasteiger partial charge in [-0.1, -0.05) is 34.1 Å². The lowest BCUT2D eigenvalue weighted by atomic mass is 10.2. The van der Waals surface area contributed by atoms with Crippen molar-refractivity contribution < 1.29 is 8.42 Å². The van der Waals surface area contributed by atoms with Gasteiger partial charge in [0.1, 0.15) is 0 Å². The Kier molecular flexibility index (Phi) is 3.14. The lowest BCUT2D eigenvalue weighted by Crippen LogP contribution is -2.02. The predicted octanol–water partition coefficient (Wildman–Crippen LogP) is 2.55. The van der Waals surface area contributed by atoms with Gasteiger partial charge in [-0.25, -0.2) is 8.42 Å². The maximum atomic E-state index is 11.3. The summed E-state index contributed by atoms with van der Waals surface area (Å²) >= 11 is 3.36. The third-order valence-electron chi connectivity index (χ3n) is 1.75. The fourth-order valence-electron chi connectivity index (χ4n) is 1.15. The van der Waals surface area contributed by atoms with Crippen LogP contribution in [0.5, 0.6) is 0 Å². The van der Waals surface area contributed by atoms with E-state index in [1.807, 2.05) is 19.1 Å². The average molecular weight is 263 g/mol. The molecule has 1 unspecified atom stereocenters. The molecule has 1 aromatic rings. The minimum Gasteiger partial charge on any atom is -0.224 e. The maximum absolute atomic E-state index is 11.3. The SMILES string of the molecule is CC(Br)c1ccccc1S(C)(=O)=O. The first-order valence-corrected chi connectivity index (χ1v) is 6.66. The average Bonchev–Trinajstić information content (AvgIpc) is 2.03. The molecule has 0 fully saturated rings. The number of benzene rings is 1. The second-order valence-corrected chi connectivity index (χ2v) is 6.28. The molecule has 2 nitrogen and oxygen atoms in total. The Labute approximate surface area is 87.0 Å². The minimum atomic E-state index is -3.11. The molecule has 1 atom stereocenters. The number of sulfone groups is 1. The number of halogens is 1. The molecule has 0 aromatic heterocycles. The quantitative estimate of drug-likeness (QED) is 0.768. The van der Waals surface area contributed by atoms with Gasteiger partial charge in [0.15, 0.2) is 9.84 Å². The van der Waals surface area contributed by atoms with E-state index >= 15 is 0 Å². The van der Waals surface area contributed by atoms with Crippen molar-refractivity contribution in [1.82, 2.24) is 0 Å². The number of hydrogen-bond acceptors (Lipinski definition) is 2. The highest BCUT2D eigenvalue weighted by Crippen LogP contribution is 2.27. The van der Waals surface area contributed by atoms with Gasteiger partial charge in [0, 0.05) is 11.1 Å². The summed E-state index contributed by atoms with van der Waals surface area (Å²) in [5.41, 5.74) is 0.810. The molecule has 0 saturated carbocycles. The summed E-state index contributed by atoms with van der Waals surface area (Å²) in [6, 6.07) is 7.01. The van der Waals surface area contributed by atoms with E-state index in [0.717, 1.165) is 5.56 Å². The first-order valence-electron chi connectivity index (χ1n) is 3.86. The van der Waals surface area contributed by atoms with Crippen molar-refractivity contribution in [3.05, 3.63) is 29.8 Å². The van der Waals surface area contributed by atoms with Gasteiger partial charge in [-0.15, -0.1) is 0 Å². The van der Waals surface area contributed by atoms with Gasteiger partial charge in [0.05, 0.1) is 4.90 Å². The van der Waals surface area contributed by atoms with Gasteiger partial charge in [-0.2, -0.15) is 0 Å². The molecule has 72 valence electrons. The predicted molar refractivity (Wildman–Crippen MR) is 56.9 cm³/mol. The van der Waals surface area contributed by atoms with Gasteiger partial charge in [0.2, 0.25) is 0 Å². The summed E-state index contributed by atoms with van der Waals surface area (Å²) in [5, 5.41) is 0. The number of alkyl halides is 1. The van der Waals surface area contributed by atoms with Gasteiger partial charge in [0.25, 0.3) is 0 Å². The maximum Gasteiger partial charge on any atom is 0.175 e. The Hall–Kier alpha value is -0.350. The molecule has 0 saturated heterocycles. The van der Waals surface area contributed by atoms with Crippen LogP contribution in [-0.2, 0) is 9.84 Å². The van der Waals surface area contributed by atoms with Gasteiger partial charge < -0.3 is 0 Å². The highest BCUT2D eigenvalue weighted by atomic mass is 79.9. The Bertz CT molecular complexity index is 396. The van der Waals surface area contributed by atoms with Crippen molar-refractivity contribution >= 4 is 25.8 Å². The smallest absolute Gasteiger partial charge is 0.175 e. The van der Waals surface area contributed by atoms with Crippen LogP contribution >= 0.6 is 15.9 Å². The molecule has 0 bridgehead atoms. The standard InChI is InChI=1S/C9H11BrO2S/c1-7(10)8-5-3-4-6-9(8)13(2,11)12/h3-7H,1-2H3. The van der Waals surface area contributed by atoms with E-state index in [-0.39, 0.29) is 4.83 Å². The van der Waals surface area contributed by atoms with E-state index < -0.39 is 9.84 Å². The van der Waals surface area contributed by atoms with Gasteiger partial charge in [-0.3, -0.25) is 0 Å². The molecule has 0 aliphatic carbocycles. The molecule has 0 radical (unpaired) electrons. The number of hydrogen-bond donors (Lipinski definition) is 0. The Morgan fingerprint density at radius 2 is 1.85 bits per heavy atom. The van der Waals surface area contributed by atoms with Crippen molar-refractivity contribution in [3.63, 3.8) is 0 Å². The first-order chi connectivity index (χ1) is 5.93. The molecule has 0 aliphatic heterocycles. The first kappa shape index (κ1) is 10.7. The van der Waals surface area contributed by atoms with Crippen molar-refractivity contribution in [2.24, 2.45) is 0 Å². The molecule has 0 heterocycles. The second kappa shape index (κ2) is 3.80. The summed E-state index contributed by atoms with van der Waals surface area (Å²) in [6.07, 6.45) is 1.22. The molecule has 0 aliphatic rings. The third-order valence-corrected chi connectivity index (χ3v) is 3.41. The molecule has 0 amide bonds. The molecular formula is C9H11BrO2S. The van der Waals surface area contributed by atoms with Crippen LogP contribution < -0.4 is 0 Å². The Morgan fingerprint density at radius 3 is 2.23 bits per heavy atom. The van der Waals surface area contributed by atoms with Crippen LogP contribution in [0.15, 0.2) is 29.2 Å². The summed E-state index contributed by atoms with van der Waals surface area (Å²) in [6.45, 7) is 1.91. The molecular weight excluding hydrogens is 252 g/mol.